The average molecular weight is 269 g/mol. The van der Waals surface area contributed by atoms with Crippen molar-refractivity contribution in [3.63, 3.8) is 0 Å². The van der Waals surface area contributed by atoms with Gasteiger partial charge in [-0.2, -0.15) is 0 Å². The highest BCUT2D eigenvalue weighted by molar-refractivity contribution is 7.11. The average Bonchev–Trinajstić information content (AvgIpc) is 2.72. The molecule has 1 fully saturated rings. The van der Waals surface area contributed by atoms with E-state index in [4.69, 9.17) is 5.11 Å². The van der Waals surface area contributed by atoms with Gasteiger partial charge in [0.25, 0.3) is 5.91 Å². The third kappa shape index (κ3) is 2.65. The predicted octanol–water partition coefficient (Wildman–Crippen LogP) is -0.197. The number of hydrogen-bond donors (Lipinski definition) is 2. The van der Waals surface area contributed by atoms with Gasteiger partial charge in [0.05, 0.1) is 6.54 Å². The Morgan fingerprint density at radius 1 is 1.50 bits per heavy atom. The first kappa shape index (κ1) is 12.5. The maximum Gasteiger partial charge on any atom is 0.355 e. The second-order valence-electron chi connectivity index (χ2n) is 3.77. The van der Waals surface area contributed by atoms with Crippen LogP contribution in [0.5, 0.6) is 0 Å². The molecule has 2 rings (SSSR count). The van der Waals surface area contributed by atoms with E-state index in [0.29, 0.717) is 19.5 Å². The molecule has 0 radical (unpaired) electrons. The molecule has 0 aliphatic carbocycles. The highest BCUT2D eigenvalue weighted by Crippen LogP contribution is 2.13. The van der Waals surface area contributed by atoms with E-state index in [9.17, 15) is 14.4 Å². The van der Waals surface area contributed by atoms with E-state index >= 15 is 0 Å². The van der Waals surface area contributed by atoms with Crippen LogP contribution >= 0.6 is 11.3 Å². The number of carbonyl (C=O) groups excluding carboxylic acids is 2. The molecule has 96 valence electrons. The monoisotopic (exact) mass is 269 g/mol. The summed E-state index contributed by atoms with van der Waals surface area (Å²) in [5, 5.41) is 12.8. The third-order valence-corrected chi connectivity index (χ3v) is 3.29. The Morgan fingerprint density at radius 2 is 2.28 bits per heavy atom. The van der Waals surface area contributed by atoms with Crippen molar-refractivity contribution in [3.05, 3.63) is 16.1 Å². The van der Waals surface area contributed by atoms with Crippen LogP contribution in [0.4, 0.5) is 0 Å². The minimum atomic E-state index is -1.17. The Bertz CT molecular complexity index is 499. The van der Waals surface area contributed by atoms with Crippen molar-refractivity contribution < 1.29 is 19.5 Å². The van der Waals surface area contributed by atoms with Gasteiger partial charge in [0.15, 0.2) is 10.7 Å². The number of carboxylic acid groups (broad SMARTS) is 1. The number of carboxylic acids is 1. The molecule has 1 aliphatic rings. The molecular weight excluding hydrogens is 258 g/mol. The molecule has 1 aliphatic heterocycles. The molecule has 2 heterocycles. The summed E-state index contributed by atoms with van der Waals surface area (Å²) in [5.74, 6) is -1.78. The molecule has 8 heteroatoms. The molecule has 0 aromatic carbocycles. The molecule has 0 bridgehead atoms. The quantitative estimate of drug-likeness (QED) is 0.774. The number of nitrogens with zero attached hydrogens (tertiary/aromatic N) is 2. The fourth-order valence-electron chi connectivity index (χ4n) is 1.58. The van der Waals surface area contributed by atoms with E-state index in [1.54, 1.807) is 0 Å². The largest absolute Gasteiger partial charge is 0.476 e. The molecule has 2 N–H and O–H groups in total. The molecule has 1 saturated heterocycles. The van der Waals surface area contributed by atoms with Gasteiger partial charge < -0.3 is 15.3 Å². The SMILES string of the molecule is O=C1CN(C(=O)c2nc(C(=O)O)cs2)CCCN1. The molecule has 0 saturated carbocycles. The number of hydrogen-bond acceptors (Lipinski definition) is 5. The standard InChI is InChI=1S/C10H11N3O4S/c14-7-4-13(3-1-2-11-7)9(15)8-12-6(5-18-8)10(16)17/h5H,1-4H2,(H,11,14)(H,16,17). The van der Waals surface area contributed by atoms with E-state index in [-0.39, 0.29) is 23.2 Å². The first-order valence-corrected chi connectivity index (χ1v) is 6.20. The van der Waals surface area contributed by atoms with Crippen LogP contribution in [-0.2, 0) is 4.79 Å². The van der Waals surface area contributed by atoms with Crippen LogP contribution in [0.3, 0.4) is 0 Å². The van der Waals surface area contributed by atoms with Crippen molar-refractivity contribution in [2.45, 2.75) is 6.42 Å². The fraction of sp³-hybridized carbons (Fsp3) is 0.400. The highest BCUT2D eigenvalue weighted by atomic mass is 32.1. The Hall–Kier alpha value is -1.96. The molecule has 0 unspecified atom stereocenters. The lowest BCUT2D eigenvalue weighted by Crippen LogP contribution is -2.37. The Balaban J connectivity index is 2.13. The van der Waals surface area contributed by atoms with Gasteiger partial charge in [0.2, 0.25) is 5.91 Å². The third-order valence-electron chi connectivity index (χ3n) is 2.45. The van der Waals surface area contributed by atoms with Gasteiger partial charge in [-0.05, 0) is 6.42 Å². The molecular formula is C10H11N3O4S. The van der Waals surface area contributed by atoms with Gasteiger partial charge in [0.1, 0.15) is 0 Å². The van der Waals surface area contributed by atoms with Crippen molar-refractivity contribution in [1.82, 2.24) is 15.2 Å². The van der Waals surface area contributed by atoms with Gasteiger partial charge in [-0.3, -0.25) is 9.59 Å². The van der Waals surface area contributed by atoms with Crippen LogP contribution in [0.1, 0.15) is 26.7 Å². The zero-order valence-electron chi connectivity index (χ0n) is 9.38. The van der Waals surface area contributed by atoms with Crippen LogP contribution in [-0.4, -0.2) is 52.4 Å². The van der Waals surface area contributed by atoms with Crippen molar-refractivity contribution in [2.75, 3.05) is 19.6 Å². The number of amides is 2. The van der Waals surface area contributed by atoms with Gasteiger partial charge in [-0.25, -0.2) is 9.78 Å². The van der Waals surface area contributed by atoms with E-state index in [2.05, 4.69) is 10.3 Å². The predicted molar refractivity (Wildman–Crippen MR) is 62.6 cm³/mol. The minimum Gasteiger partial charge on any atom is -0.476 e. The molecule has 2 amide bonds. The smallest absolute Gasteiger partial charge is 0.355 e. The fourth-order valence-corrected chi connectivity index (χ4v) is 2.34. The summed E-state index contributed by atoms with van der Waals surface area (Å²) in [6.45, 7) is 0.987. The summed E-state index contributed by atoms with van der Waals surface area (Å²) in [7, 11) is 0. The van der Waals surface area contributed by atoms with Crippen molar-refractivity contribution in [1.29, 1.82) is 0 Å². The van der Waals surface area contributed by atoms with Gasteiger partial charge >= 0.3 is 5.97 Å². The van der Waals surface area contributed by atoms with Crippen LogP contribution in [0.15, 0.2) is 5.38 Å². The van der Waals surface area contributed by atoms with E-state index in [1.165, 1.54) is 10.3 Å². The Kier molecular flexibility index (Phi) is 3.56. The van der Waals surface area contributed by atoms with Crippen molar-refractivity contribution in [2.24, 2.45) is 0 Å². The number of thiazole rings is 1. The molecule has 0 spiro atoms. The maximum atomic E-state index is 12.0. The van der Waals surface area contributed by atoms with E-state index in [0.717, 1.165) is 11.3 Å². The Morgan fingerprint density at radius 3 is 2.94 bits per heavy atom. The summed E-state index contributed by atoms with van der Waals surface area (Å²) in [6, 6.07) is 0. The topological polar surface area (TPSA) is 99.6 Å². The van der Waals surface area contributed by atoms with E-state index in [1.807, 2.05) is 0 Å². The zero-order valence-corrected chi connectivity index (χ0v) is 10.2. The molecule has 7 nitrogen and oxygen atoms in total. The second kappa shape index (κ2) is 5.13. The summed E-state index contributed by atoms with van der Waals surface area (Å²) in [5.41, 5.74) is -0.150. The summed E-state index contributed by atoms with van der Waals surface area (Å²) < 4.78 is 0. The van der Waals surface area contributed by atoms with E-state index < -0.39 is 11.9 Å². The highest BCUT2D eigenvalue weighted by Gasteiger charge is 2.24. The number of rotatable bonds is 2. The number of carbonyl (C=O) groups is 3. The normalized spacial score (nSPS) is 16.0. The Labute approximate surface area is 106 Å². The van der Waals surface area contributed by atoms with Crippen LogP contribution in [0.2, 0.25) is 0 Å². The van der Waals surface area contributed by atoms with Crippen LogP contribution < -0.4 is 5.32 Å². The maximum absolute atomic E-state index is 12.0. The van der Waals surface area contributed by atoms with Crippen molar-refractivity contribution >= 4 is 29.1 Å². The first-order valence-electron chi connectivity index (χ1n) is 5.32. The molecule has 1 aromatic rings. The summed E-state index contributed by atoms with van der Waals surface area (Å²) >= 11 is 0.973. The molecule has 18 heavy (non-hydrogen) atoms. The zero-order chi connectivity index (χ0) is 13.1. The summed E-state index contributed by atoms with van der Waals surface area (Å²) in [4.78, 5) is 39.2. The lowest BCUT2D eigenvalue weighted by molar-refractivity contribution is -0.121. The molecule has 0 atom stereocenters. The number of nitrogens with one attached hydrogen (secondary N) is 1. The minimum absolute atomic E-state index is 0.0131. The van der Waals surface area contributed by atoms with Gasteiger partial charge in [0, 0.05) is 18.5 Å². The van der Waals surface area contributed by atoms with Gasteiger partial charge in [-0.1, -0.05) is 0 Å². The lowest BCUT2D eigenvalue weighted by Gasteiger charge is -2.16. The van der Waals surface area contributed by atoms with Crippen LogP contribution in [0, 0.1) is 0 Å². The molecule has 1 aromatic heterocycles. The number of aromatic carboxylic acids is 1. The van der Waals surface area contributed by atoms with Crippen LogP contribution in [0.25, 0.3) is 0 Å². The summed E-state index contributed by atoms with van der Waals surface area (Å²) in [6.07, 6.45) is 0.675. The van der Waals surface area contributed by atoms with Gasteiger partial charge in [-0.15, -0.1) is 11.3 Å². The number of aromatic nitrogens is 1. The van der Waals surface area contributed by atoms with Crippen molar-refractivity contribution in [3.8, 4) is 0 Å². The second-order valence-corrected chi connectivity index (χ2v) is 4.63. The lowest BCUT2D eigenvalue weighted by atomic mass is 10.4. The first-order chi connectivity index (χ1) is 8.58.